The van der Waals surface area contributed by atoms with Gasteiger partial charge in [0.2, 0.25) is 5.91 Å². The fourth-order valence-electron chi connectivity index (χ4n) is 5.45. The molecular weight excluding hydrogens is 368 g/mol. The van der Waals surface area contributed by atoms with Crippen molar-refractivity contribution in [3.63, 3.8) is 0 Å². The van der Waals surface area contributed by atoms with Gasteiger partial charge in [-0.3, -0.25) is 14.3 Å². The fraction of sp³-hybridized carbons (Fsp3) is 0.500. The second-order valence-electron chi connectivity index (χ2n) is 8.68. The second kappa shape index (κ2) is 6.34. The third-order valence-electron chi connectivity index (χ3n) is 7.06. The number of aryl methyl sites for hydroxylation is 2. The summed E-state index contributed by atoms with van der Waals surface area (Å²) in [4.78, 5) is 25.8. The number of nitrogens with one attached hydrogen (secondary N) is 2. The highest BCUT2D eigenvalue weighted by Crippen LogP contribution is 2.52. The van der Waals surface area contributed by atoms with Crippen LogP contribution in [0.1, 0.15) is 47.4 Å². The lowest BCUT2D eigenvalue weighted by molar-refractivity contribution is -0.142. The summed E-state index contributed by atoms with van der Waals surface area (Å²) in [6, 6.07) is 7.38. The van der Waals surface area contributed by atoms with Crippen LogP contribution >= 0.6 is 0 Å². The number of hydrogen-bond acceptors (Lipinski definition) is 4. The van der Waals surface area contributed by atoms with E-state index in [2.05, 4.69) is 15.7 Å². The molecule has 3 saturated carbocycles. The highest BCUT2D eigenvalue weighted by molar-refractivity contribution is 5.98. The van der Waals surface area contributed by atoms with Gasteiger partial charge in [0.1, 0.15) is 5.75 Å². The van der Waals surface area contributed by atoms with E-state index in [0.29, 0.717) is 17.7 Å². The molecule has 4 aliphatic rings. The average molecular weight is 394 g/mol. The number of carbonyl (C=O) groups is 2. The minimum Gasteiger partial charge on any atom is -0.467 e. The number of anilines is 1. The minimum atomic E-state index is -0.689. The highest BCUT2D eigenvalue weighted by Gasteiger charge is 2.57. The van der Waals surface area contributed by atoms with Gasteiger partial charge >= 0.3 is 0 Å². The zero-order chi connectivity index (χ0) is 20.3. The number of carbonyl (C=O) groups excluding carboxylic acids is 2. The van der Waals surface area contributed by atoms with Crippen LogP contribution < -0.4 is 15.4 Å². The molecule has 1 spiro atoms. The van der Waals surface area contributed by atoms with Gasteiger partial charge in [0.15, 0.2) is 5.72 Å². The fourth-order valence-corrected chi connectivity index (χ4v) is 5.45. The van der Waals surface area contributed by atoms with Crippen LogP contribution in [-0.2, 0) is 11.8 Å². The molecule has 3 aliphatic carbocycles. The van der Waals surface area contributed by atoms with Crippen LogP contribution in [0.5, 0.6) is 5.75 Å². The second-order valence-corrected chi connectivity index (χ2v) is 8.68. The Bertz CT molecular complexity index is 1010. The Morgan fingerprint density at radius 3 is 2.79 bits per heavy atom. The van der Waals surface area contributed by atoms with E-state index in [4.69, 9.17) is 4.74 Å². The number of fused-ring (bicyclic) bond motifs is 3. The first-order chi connectivity index (χ1) is 13.9. The van der Waals surface area contributed by atoms with Crippen LogP contribution in [0, 0.1) is 31.6 Å². The van der Waals surface area contributed by atoms with Gasteiger partial charge in [0, 0.05) is 25.3 Å². The molecule has 1 aromatic carbocycles. The van der Waals surface area contributed by atoms with Crippen molar-refractivity contribution < 1.29 is 14.3 Å². The van der Waals surface area contributed by atoms with Crippen LogP contribution in [0.3, 0.4) is 0 Å². The summed E-state index contributed by atoms with van der Waals surface area (Å²) in [6.07, 6.45) is 3.33. The molecule has 4 atom stereocenters. The van der Waals surface area contributed by atoms with Gasteiger partial charge in [0.05, 0.1) is 22.6 Å². The third-order valence-corrected chi connectivity index (χ3v) is 7.06. The summed E-state index contributed by atoms with van der Waals surface area (Å²) < 4.78 is 8.16. The van der Waals surface area contributed by atoms with Crippen molar-refractivity contribution in [3.8, 4) is 5.75 Å². The Balaban J connectivity index is 1.37. The Morgan fingerprint density at radius 2 is 2.10 bits per heavy atom. The maximum absolute atomic E-state index is 13.1. The normalized spacial score (nSPS) is 29.9. The lowest BCUT2D eigenvalue weighted by Gasteiger charge is -2.55. The molecule has 7 heteroatoms. The Kier molecular flexibility index (Phi) is 3.98. The summed E-state index contributed by atoms with van der Waals surface area (Å²) in [6.45, 7) is 3.87. The van der Waals surface area contributed by atoms with Crippen LogP contribution in [0.2, 0.25) is 0 Å². The van der Waals surface area contributed by atoms with Crippen LogP contribution in [-0.4, -0.2) is 27.3 Å². The largest absolute Gasteiger partial charge is 0.467 e. The minimum absolute atomic E-state index is 0.0521. The Labute approximate surface area is 169 Å². The molecule has 2 N–H and O–H groups in total. The smallest absolute Gasteiger partial charge is 0.258 e. The number of benzene rings is 1. The molecule has 0 saturated heterocycles. The van der Waals surface area contributed by atoms with Crippen molar-refractivity contribution >= 4 is 17.5 Å². The van der Waals surface area contributed by atoms with Crippen molar-refractivity contribution in [1.29, 1.82) is 0 Å². The molecule has 152 valence electrons. The predicted octanol–water partition coefficient (Wildman–Crippen LogP) is 2.93. The predicted molar refractivity (Wildman–Crippen MR) is 108 cm³/mol. The molecule has 1 aliphatic heterocycles. The molecule has 7 nitrogen and oxygen atoms in total. The van der Waals surface area contributed by atoms with Crippen molar-refractivity contribution in [3.05, 3.63) is 41.2 Å². The maximum Gasteiger partial charge on any atom is 0.258 e. The standard InChI is InChI=1S/C22H26N4O3/c1-12-19(13(2)26(3)25-12)23-20(27)17-10-15-9-8-14(17)11-22(15)24-21(28)16-6-4-5-7-18(16)29-22/h4-7,14-15,17H,8-11H2,1-3H3,(H,23,27)(H,24,28)/t14-,15+,17+,22+/m1/s1. The third kappa shape index (κ3) is 2.74. The number of ether oxygens (including phenoxy) is 1. The summed E-state index contributed by atoms with van der Waals surface area (Å²) in [5.41, 5.74) is 2.48. The molecule has 29 heavy (non-hydrogen) atoms. The zero-order valence-electron chi connectivity index (χ0n) is 17.0. The van der Waals surface area contributed by atoms with E-state index in [1.54, 1.807) is 10.7 Å². The molecule has 3 fully saturated rings. The van der Waals surface area contributed by atoms with E-state index in [0.717, 1.165) is 36.3 Å². The number of nitrogens with zero attached hydrogens (tertiary/aromatic N) is 2. The lowest BCUT2D eigenvalue weighted by atomic mass is 9.60. The van der Waals surface area contributed by atoms with Crippen LogP contribution in [0.15, 0.2) is 24.3 Å². The maximum atomic E-state index is 13.1. The van der Waals surface area contributed by atoms with Crippen LogP contribution in [0.4, 0.5) is 5.69 Å². The van der Waals surface area contributed by atoms with Crippen molar-refractivity contribution in [2.75, 3.05) is 5.32 Å². The quantitative estimate of drug-likeness (QED) is 0.820. The first kappa shape index (κ1) is 18.2. The Hall–Kier alpha value is -2.83. The van der Waals surface area contributed by atoms with E-state index in [9.17, 15) is 9.59 Å². The monoisotopic (exact) mass is 394 g/mol. The summed E-state index contributed by atoms with van der Waals surface area (Å²) >= 11 is 0. The van der Waals surface area contributed by atoms with Crippen molar-refractivity contribution in [1.82, 2.24) is 15.1 Å². The Morgan fingerprint density at radius 1 is 1.31 bits per heavy atom. The molecule has 0 radical (unpaired) electrons. The summed E-state index contributed by atoms with van der Waals surface area (Å²) in [7, 11) is 1.88. The van der Waals surface area contributed by atoms with Crippen molar-refractivity contribution in [2.24, 2.45) is 24.8 Å². The topological polar surface area (TPSA) is 85.3 Å². The average Bonchev–Trinajstić information content (AvgIpc) is 2.94. The van der Waals surface area contributed by atoms with Crippen LogP contribution in [0.25, 0.3) is 0 Å². The first-order valence-electron chi connectivity index (χ1n) is 10.3. The van der Waals surface area contributed by atoms with E-state index in [1.807, 2.05) is 39.1 Å². The zero-order valence-corrected chi connectivity index (χ0v) is 17.0. The number of hydrogen-bond donors (Lipinski definition) is 2. The molecule has 2 amide bonds. The lowest BCUT2D eigenvalue weighted by Crippen LogP contribution is -2.66. The molecular formula is C22H26N4O3. The summed E-state index contributed by atoms with van der Waals surface area (Å²) in [5, 5.41) is 10.7. The van der Waals surface area contributed by atoms with Gasteiger partial charge in [-0.15, -0.1) is 0 Å². The number of amides is 2. The van der Waals surface area contributed by atoms with E-state index >= 15 is 0 Å². The number of rotatable bonds is 2. The van der Waals surface area contributed by atoms with Gasteiger partial charge in [0.25, 0.3) is 5.91 Å². The molecule has 0 unspecified atom stereocenters. The van der Waals surface area contributed by atoms with E-state index in [1.165, 1.54) is 0 Å². The first-order valence-corrected chi connectivity index (χ1v) is 10.3. The molecule has 2 heterocycles. The van der Waals surface area contributed by atoms with Gasteiger partial charge in [-0.2, -0.15) is 5.10 Å². The van der Waals surface area contributed by atoms with Gasteiger partial charge < -0.3 is 15.4 Å². The van der Waals surface area contributed by atoms with E-state index < -0.39 is 5.72 Å². The van der Waals surface area contributed by atoms with Gasteiger partial charge in [-0.1, -0.05) is 12.1 Å². The molecule has 2 bridgehead atoms. The SMILES string of the molecule is Cc1nn(C)c(C)c1NC(=O)[C@H]1C[C@@H]2CC[C@@H]1C[C@@]21NC(=O)c2ccccc2O1. The highest BCUT2D eigenvalue weighted by atomic mass is 16.5. The number of aromatic nitrogens is 2. The molecule has 1 aromatic heterocycles. The number of para-hydroxylation sites is 1. The summed E-state index contributed by atoms with van der Waals surface area (Å²) in [5.74, 6) is 0.847. The molecule has 6 rings (SSSR count). The van der Waals surface area contributed by atoms with E-state index in [-0.39, 0.29) is 29.6 Å². The van der Waals surface area contributed by atoms with Gasteiger partial charge in [-0.05, 0) is 51.2 Å². The van der Waals surface area contributed by atoms with Crippen molar-refractivity contribution in [2.45, 2.75) is 45.3 Å². The van der Waals surface area contributed by atoms with Gasteiger partial charge in [-0.25, -0.2) is 0 Å². The molecule has 2 aromatic rings.